The molecule has 0 radical (unpaired) electrons. The van der Waals surface area contributed by atoms with Crippen molar-refractivity contribution in [3.63, 3.8) is 0 Å². The van der Waals surface area contributed by atoms with Gasteiger partial charge in [-0.2, -0.15) is 0 Å². The molecule has 2 nitrogen and oxygen atoms in total. The molecule has 0 bridgehead atoms. The van der Waals surface area contributed by atoms with Crippen molar-refractivity contribution in [3.8, 4) is 0 Å². The number of hydrogen-bond acceptors (Lipinski definition) is 2. The molecule has 1 heterocycles. The summed E-state index contributed by atoms with van der Waals surface area (Å²) >= 11 is 0. The van der Waals surface area contributed by atoms with Crippen LogP contribution in [0, 0.1) is 5.92 Å². The molecule has 0 spiro atoms. The number of aliphatic imine (C=N–C) groups is 1. The fourth-order valence-electron chi connectivity index (χ4n) is 3.31. The van der Waals surface area contributed by atoms with Gasteiger partial charge in [0.2, 0.25) is 5.90 Å². The van der Waals surface area contributed by atoms with Crippen molar-refractivity contribution in [1.29, 1.82) is 0 Å². The summed E-state index contributed by atoms with van der Waals surface area (Å²) in [5.41, 5.74) is 1.12. The molecule has 0 fully saturated rings. The van der Waals surface area contributed by atoms with Crippen molar-refractivity contribution >= 4 is 29.7 Å². The molecular formula is C24H24NOP. The monoisotopic (exact) mass is 373 g/mol. The third-order valence-electron chi connectivity index (χ3n) is 4.85. The summed E-state index contributed by atoms with van der Waals surface area (Å²) in [4.78, 5) is 4.89. The fourth-order valence-corrected chi connectivity index (χ4v) is 5.75. The first-order valence-electron chi connectivity index (χ1n) is 9.44. The Morgan fingerprint density at radius 3 is 1.93 bits per heavy atom. The third kappa shape index (κ3) is 3.82. The zero-order valence-electron chi connectivity index (χ0n) is 15.7. The Kier molecular flexibility index (Phi) is 5.36. The lowest BCUT2D eigenvalue weighted by atomic mass is 10.1. The molecule has 1 aliphatic heterocycles. The maximum Gasteiger partial charge on any atom is 0.217 e. The van der Waals surface area contributed by atoms with Gasteiger partial charge in [-0.3, -0.25) is 0 Å². The number of hydrogen-bond donors (Lipinski definition) is 0. The quantitative estimate of drug-likeness (QED) is 0.613. The van der Waals surface area contributed by atoms with Gasteiger partial charge in [-0.25, -0.2) is 4.99 Å². The molecule has 0 saturated heterocycles. The van der Waals surface area contributed by atoms with Crippen LogP contribution in [0.2, 0.25) is 0 Å². The van der Waals surface area contributed by atoms with Crippen LogP contribution in [0.15, 0.2) is 89.9 Å². The summed E-state index contributed by atoms with van der Waals surface area (Å²) in [6, 6.07) is 30.4. The Hall–Kier alpha value is -2.44. The van der Waals surface area contributed by atoms with E-state index in [0.29, 0.717) is 12.5 Å². The smallest absolute Gasteiger partial charge is 0.217 e. The average molecular weight is 373 g/mol. The highest BCUT2D eigenvalue weighted by Crippen LogP contribution is 2.34. The zero-order chi connectivity index (χ0) is 18.6. The number of nitrogens with zero attached hydrogens (tertiary/aromatic N) is 1. The summed E-state index contributed by atoms with van der Waals surface area (Å²) in [5.74, 6) is 1.28. The highest BCUT2D eigenvalue weighted by atomic mass is 31.1. The molecule has 1 aliphatic rings. The van der Waals surface area contributed by atoms with E-state index in [2.05, 4.69) is 98.8 Å². The summed E-state index contributed by atoms with van der Waals surface area (Å²) in [6.45, 7) is 5.08. The van der Waals surface area contributed by atoms with E-state index in [-0.39, 0.29) is 6.04 Å². The van der Waals surface area contributed by atoms with Crippen molar-refractivity contribution in [3.05, 3.63) is 90.5 Å². The van der Waals surface area contributed by atoms with Crippen LogP contribution in [0.1, 0.15) is 19.4 Å². The van der Waals surface area contributed by atoms with Crippen molar-refractivity contribution in [1.82, 2.24) is 0 Å². The van der Waals surface area contributed by atoms with Gasteiger partial charge in [0.25, 0.3) is 0 Å². The molecule has 3 aromatic carbocycles. The molecule has 136 valence electrons. The van der Waals surface area contributed by atoms with E-state index in [4.69, 9.17) is 9.73 Å². The number of benzene rings is 3. The predicted octanol–water partition coefficient (Wildman–Crippen LogP) is 4.25. The highest BCUT2D eigenvalue weighted by molar-refractivity contribution is 7.80. The highest BCUT2D eigenvalue weighted by Gasteiger charge is 2.27. The van der Waals surface area contributed by atoms with E-state index < -0.39 is 7.92 Å². The van der Waals surface area contributed by atoms with Crippen LogP contribution in [-0.4, -0.2) is 18.5 Å². The van der Waals surface area contributed by atoms with E-state index in [1.807, 2.05) is 0 Å². The van der Waals surface area contributed by atoms with Crippen molar-refractivity contribution < 1.29 is 4.74 Å². The summed E-state index contributed by atoms with van der Waals surface area (Å²) < 4.78 is 6.04. The van der Waals surface area contributed by atoms with Crippen molar-refractivity contribution in [2.75, 3.05) is 6.61 Å². The van der Waals surface area contributed by atoms with E-state index in [1.165, 1.54) is 15.9 Å². The van der Waals surface area contributed by atoms with Gasteiger partial charge >= 0.3 is 0 Å². The standard InChI is InChI=1S/C24H24NOP/c1-18(2)22-17-26-24(25-22)21-15-9-10-16-23(21)27(19-11-5-3-6-12-19)20-13-7-4-8-14-20/h3-16,18,22H,17H2,1-2H3/t22-/m1/s1. The van der Waals surface area contributed by atoms with Crippen LogP contribution in [0.4, 0.5) is 0 Å². The first-order chi connectivity index (χ1) is 13.2. The molecule has 0 unspecified atom stereocenters. The predicted molar refractivity (Wildman–Crippen MR) is 116 cm³/mol. The third-order valence-corrected chi connectivity index (χ3v) is 7.35. The van der Waals surface area contributed by atoms with Crippen LogP contribution in [-0.2, 0) is 4.74 Å². The van der Waals surface area contributed by atoms with Crippen LogP contribution in [0.5, 0.6) is 0 Å². The minimum absolute atomic E-state index is 0.243. The van der Waals surface area contributed by atoms with Crippen molar-refractivity contribution in [2.24, 2.45) is 10.9 Å². The van der Waals surface area contributed by atoms with Gasteiger partial charge in [0.1, 0.15) is 6.61 Å². The number of ether oxygens (including phenoxy) is 1. The Morgan fingerprint density at radius 2 is 1.37 bits per heavy atom. The minimum atomic E-state index is -0.673. The van der Waals surface area contributed by atoms with Gasteiger partial charge in [-0.15, -0.1) is 0 Å². The molecule has 0 saturated carbocycles. The second-order valence-electron chi connectivity index (χ2n) is 7.08. The van der Waals surface area contributed by atoms with Gasteiger partial charge in [0, 0.05) is 5.56 Å². The maximum atomic E-state index is 6.04. The van der Waals surface area contributed by atoms with E-state index in [0.717, 1.165) is 11.5 Å². The van der Waals surface area contributed by atoms with Gasteiger partial charge in [0.05, 0.1) is 6.04 Å². The topological polar surface area (TPSA) is 21.6 Å². The summed E-state index contributed by atoms with van der Waals surface area (Å²) in [7, 11) is -0.673. The molecule has 0 N–H and O–H groups in total. The van der Waals surface area contributed by atoms with E-state index >= 15 is 0 Å². The summed E-state index contributed by atoms with van der Waals surface area (Å²) in [5, 5.41) is 3.98. The van der Waals surface area contributed by atoms with Crippen LogP contribution in [0.25, 0.3) is 0 Å². The SMILES string of the molecule is CC(C)[C@H]1COC(c2ccccc2P(c2ccccc2)c2ccccc2)=N1. The minimum Gasteiger partial charge on any atom is -0.475 e. The van der Waals surface area contributed by atoms with Gasteiger partial charge in [0.15, 0.2) is 0 Å². The van der Waals surface area contributed by atoms with Gasteiger partial charge < -0.3 is 4.74 Å². The molecular weight excluding hydrogens is 349 g/mol. The Balaban J connectivity index is 1.84. The fraction of sp³-hybridized carbons (Fsp3) is 0.208. The molecule has 27 heavy (non-hydrogen) atoms. The normalized spacial score (nSPS) is 16.4. The van der Waals surface area contributed by atoms with Gasteiger partial charge in [-0.05, 0) is 35.8 Å². The largest absolute Gasteiger partial charge is 0.475 e. The Morgan fingerprint density at radius 1 is 0.815 bits per heavy atom. The van der Waals surface area contributed by atoms with E-state index in [1.54, 1.807) is 0 Å². The second kappa shape index (κ2) is 8.06. The molecule has 4 rings (SSSR count). The lowest BCUT2D eigenvalue weighted by molar-refractivity contribution is 0.292. The van der Waals surface area contributed by atoms with Crippen LogP contribution in [0.3, 0.4) is 0 Å². The Bertz CT molecular complexity index is 882. The van der Waals surface area contributed by atoms with E-state index in [9.17, 15) is 0 Å². The van der Waals surface area contributed by atoms with Crippen LogP contribution >= 0.6 is 7.92 Å². The van der Waals surface area contributed by atoms with Crippen LogP contribution < -0.4 is 15.9 Å². The molecule has 3 heteroatoms. The molecule has 3 aromatic rings. The molecule has 1 atom stereocenters. The first-order valence-corrected chi connectivity index (χ1v) is 10.8. The first kappa shape index (κ1) is 17.9. The molecule has 0 aromatic heterocycles. The maximum absolute atomic E-state index is 6.04. The average Bonchev–Trinajstić information content (AvgIpc) is 3.21. The number of rotatable bonds is 5. The lowest BCUT2D eigenvalue weighted by Crippen LogP contribution is -2.25. The second-order valence-corrected chi connectivity index (χ2v) is 9.27. The van der Waals surface area contributed by atoms with Gasteiger partial charge in [-0.1, -0.05) is 92.7 Å². The zero-order valence-corrected chi connectivity index (χ0v) is 16.6. The lowest BCUT2D eigenvalue weighted by Gasteiger charge is -2.22. The summed E-state index contributed by atoms with van der Waals surface area (Å²) in [6.07, 6.45) is 0. The van der Waals surface area contributed by atoms with Crippen molar-refractivity contribution in [2.45, 2.75) is 19.9 Å². The Labute approximate surface area is 162 Å². The molecule has 0 amide bonds. The molecule has 0 aliphatic carbocycles.